The van der Waals surface area contributed by atoms with E-state index in [-0.39, 0.29) is 23.5 Å². The number of fused-ring (bicyclic) bond motifs is 3. The van der Waals surface area contributed by atoms with Gasteiger partial charge in [0.2, 0.25) is 5.78 Å². The Bertz CT molecular complexity index is 1220. The molecule has 0 radical (unpaired) electrons. The molecule has 0 amide bonds. The third-order valence-corrected chi connectivity index (χ3v) is 5.16. The quantitative estimate of drug-likeness (QED) is 0.401. The second kappa shape index (κ2) is 6.73. The number of carbonyl (C=O) groups is 3. The molecule has 1 atom stereocenters. The summed E-state index contributed by atoms with van der Waals surface area (Å²) in [5.41, 5.74) is 1.83. The number of ketones is 1. The van der Waals surface area contributed by atoms with Crippen LogP contribution in [0.2, 0.25) is 0 Å². The Kier molecular flexibility index (Phi) is 4.03. The average Bonchev–Trinajstić information content (AvgIpc) is 3.36. The molecule has 2 aliphatic rings. The van der Waals surface area contributed by atoms with Gasteiger partial charge in [-0.3, -0.25) is 9.59 Å². The van der Waals surface area contributed by atoms with Crippen molar-refractivity contribution >= 4 is 23.8 Å². The molecule has 0 fully saturated rings. The second-order valence-electron chi connectivity index (χ2n) is 6.97. The number of ether oxygens (including phenoxy) is 2. The van der Waals surface area contributed by atoms with Crippen LogP contribution < -0.4 is 9.47 Å². The summed E-state index contributed by atoms with van der Waals surface area (Å²) in [6, 6.07) is 12.8. The van der Waals surface area contributed by atoms with E-state index in [4.69, 9.17) is 19.0 Å². The monoisotopic (exact) mass is 402 g/mol. The number of hydrogen-bond acceptors (Lipinski definition) is 6. The normalized spacial score (nSPS) is 18.5. The van der Waals surface area contributed by atoms with E-state index in [1.54, 1.807) is 36.4 Å². The Morgan fingerprint density at radius 3 is 2.53 bits per heavy atom. The van der Waals surface area contributed by atoms with E-state index in [9.17, 15) is 14.4 Å². The molecule has 30 heavy (non-hydrogen) atoms. The van der Waals surface area contributed by atoms with E-state index < -0.39 is 17.9 Å². The van der Waals surface area contributed by atoms with Gasteiger partial charge in [0.15, 0.2) is 5.76 Å². The minimum atomic E-state index is -1.03. The SMILES string of the molecule is O=C1C[C@H](c2ccc(C(=O)O)cc2)c2c(ccc3c2O/C(=C\c2ccco2)C3=O)O1. The number of hydrogen-bond donors (Lipinski definition) is 1. The lowest BCUT2D eigenvalue weighted by Gasteiger charge is -2.26. The summed E-state index contributed by atoms with van der Waals surface area (Å²) in [6.07, 6.45) is 3.06. The summed E-state index contributed by atoms with van der Waals surface area (Å²) in [5.74, 6) is -0.911. The average molecular weight is 402 g/mol. The standard InChI is InChI=1S/C23H14O7/c24-19-11-16(12-3-5-13(6-4-12)23(26)27)20-17(29-19)8-7-15-21(25)18(30-22(15)20)10-14-2-1-9-28-14/h1-10,16H,11H2,(H,26,27)/b18-10-/t16-/m1/s1. The number of esters is 1. The van der Waals surface area contributed by atoms with Crippen LogP contribution in [0.3, 0.4) is 0 Å². The third-order valence-electron chi connectivity index (χ3n) is 5.16. The van der Waals surface area contributed by atoms with Crippen LogP contribution in [0.15, 0.2) is 65.0 Å². The molecular weight excluding hydrogens is 388 g/mol. The highest BCUT2D eigenvalue weighted by atomic mass is 16.5. The van der Waals surface area contributed by atoms with E-state index in [0.717, 1.165) is 5.56 Å². The van der Waals surface area contributed by atoms with Crippen molar-refractivity contribution in [3.05, 3.63) is 88.6 Å². The minimum absolute atomic E-state index is 0.0463. The third kappa shape index (κ3) is 2.88. The smallest absolute Gasteiger partial charge is 0.335 e. The highest BCUT2D eigenvalue weighted by Gasteiger charge is 2.38. The molecule has 0 aliphatic carbocycles. The predicted octanol–water partition coefficient (Wildman–Crippen LogP) is 4.04. The lowest BCUT2D eigenvalue weighted by Crippen LogP contribution is -2.21. The first kappa shape index (κ1) is 17.9. The second-order valence-corrected chi connectivity index (χ2v) is 6.97. The van der Waals surface area contributed by atoms with Crippen LogP contribution in [0.4, 0.5) is 0 Å². The number of carboxylic acid groups (broad SMARTS) is 1. The first-order chi connectivity index (χ1) is 14.5. The summed E-state index contributed by atoms with van der Waals surface area (Å²) in [6.45, 7) is 0. The molecule has 0 saturated carbocycles. The zero-order chi connectivity index (χ0) is 20.8. The number of benzene rings is 2. The highest BCUT2D eigenvalue weighted by molar-refractivity contribution is 6.15. The van der Waals surface area contributed by atoms with Gasteiger partial charge < -0.3 is 19.0 Å². The molecule has 0 bridgehead atoms. The number of Topliss-reactive ketones (excluding diaryl/α,β-unsaturated/α-hetero) is 1. The summed E-state index contributed by atoms with van der Waals surface area (Å²) in [7, 11) is 0. The molecule has 2 aliphatic heterocycles. The number of allylic oxidation sites excluding steroid dienone is 1. The first-order valence-electron chi connectivity index (χ1n) is 9.20. The number of furan rings is 1. The van der Waals surface area contributed by atoms with Gasteiger partial charge in [-0.1, -0.05) is 12.1 Å². The fraction of sp³-hybridized carbons (Fsp3) is 0.0870. The van der Waals surface area contributed by atoms with Crippen LogP contribution in [0, 0.1) is 0 Å². The Hall–Kier alpha value is -4.13. The molecule has 3 aromatic rings. The molecule has 1 N–H and O–H groups in total. The molecule has 3 heterocycles. The van der Waals surface area contributed by atoms with E-state index in [2.05, 4.69) is 0 Å². The number of aromatic carboxylic acids is 1. The summed E-state index contributed by atoms with van der Waals surface area (Å²) in [4.78, 5) is 36.2. The van der Waals surface area contributed by atoms with Gasteiger partial charge in [0.05, 0.1) is 23.8 Å². The lowest BCUT2D eigenvalue weighted by molar-refractivity contribution is -0.135. The summed E-state index contributed by atoms with van der Waals surface area (Å²) < 4.78 is 16.6. The zero-order valence-electron chi connectivity index (χ0n) is 15.5. The summed E-state index contributed by atoms with van der Waals surface area (Å²) >= 11 is 0. The van der Waals surface area contributed by atoms with Gasteiger partial charge in [-0.05, 0) is 42.0 Å². The van der Waals surface area contributed by atoms with Crippen LogP contribution in [0.1, 0.15) is 49.9 Å². The van der Waals surface area contributed by atoms with Crippen LogP contribution >= 0.6 is 0 Å². The van der Waals surface area contributed by atoms with E-state index in [1.165, 1.54) is 24.5 Å². The Labute approximate surface area is 170 Å². The molecule has 0 spiro atoms. The fourth-order valence-corrected chi connectivity index (χ4v) is 3.75. The topological polar surface area (TPSA) is 103 Å². The highest BCUT2D eigenvalue weighted by Crippen LogP contribution is 2.48. The van der Waals surface area contributed by atoms with Crippen LogP contribution in [0.25, 0.3) is 6.08 Å². The van der Waals surface area contributed by atoms with Crippen molar-refractivity contribution in [3.63, 3.8) is 0 Å². The van der Waals surface area contributed by atoms with E-state index in [0.29, 0.717) is 28.4 Å². The zero-order valence-corrected chi connectivity index (χ0v) is 15.5. The number of carboxylic acids is 1. The maximum Gasteiger partial charge on any atom is 0.335 e. The van der Waals surface area contributed by atoms with Gasteiger partial charge in [0, 0.05) is 17.6 Å². The van der Waals surface area contributed by atoms with Gasteiger partial charge >= 0.3 is 11.9 Å². The molecule has 2 aromatic carbocycles. The largest absolute Gasteiger partial charge is 0.478 e. The van der Waals surface area contributed by atoms with E-state index >= 15 is 0 Å². The van der Waals surface area contributed by atoms with Crippen molar-refractivity contribution in [1.29, 1.82) is 0 Å². The number of carbonyl (C=O) groups excluding carboxylic acids is 2. The van der Waals surface area contributed by atoms with Crippen molar-refractivity contribution in [3.8, 4) is 11.5 Å². The molecule has 7 heteroatoms. The molecule has 148 valence electrons. The van der Waals surface area contributed by atoms with Gasteiger partial charge in [-0.25, -0.2) is 4.79 Å². The Morgan fingerprint density at radius 1 is 1.03 bits per heavy atom. The van der Waals surface area contributed by atoms with Crippen LogP contribution in [0.5, 0.6) is 11.5 Å². The maximum atomic E-state index is 12.8. The van der Waals surface area contributed by atoms with E-state index in [1.807, 2.05) is 0 Å². The van der Waals surface area contributed by atoms with Crippen molar-refractivity contribution in [2.24, 2.45) is 0 Å². The van der Waals surface area contributed by atoms with Crippen LogP contribution in [-0.4, -0.2) is 22.8 Å². The van der Waals surface area contributed by atoms with Gasteiger partial charge in [0.25, 0.3) is 0 Å². The molecule has 1 aromatic heterocycles. The lowest BCUT2D eigenvalue weighted by atomic mass is 9.84. The fourth-order valence-electron chi connectivity index (χ4n) is 3.75. The molecule has 0 unspecified atom stereocenters. The minimum Gasteiger partial charge on any atom is -0.478 e. The Balaban J connectivity index is 1.61. The molecule has 0 saturated heterocycles. The van der Waals surface area contributed by atoms with Crippen molar-refractivity contribution < 1.29 is 33.4 Å². The maximum absolute atomic E-state index is 12.8. The van der Waals surface area contributed by atoms with Crippen molar-refractivity contribution in [1.82, 2.24) is 0 Å². The molecule has 7 nitrogen and oxygen atoms in total. The first-order valence-corrected chi connectivity index (χ1v) is 9.20. The predicted molar refractivity (Wildman–Crippen MR) is 104 cm³/mol. The number of rotatable bonds is 3. The summed E-state index contributed by atoms with van der Waals surface area (Å²) in [5, 5.41) is 9.13. The Morgan fingerprint density at radius 2 is 1.83 bits per heavy atom. The van der Waals surface area contributed by atoms with Gasteiger partial charge in [0.1, 0.15) is 17.3 Å². The van der Waals surface area contributed by atoms with Gasteiger partial charge in [-0.15, -0.1) is 0 Å². The van der Waals surface area contributed by atoms with Crippen molar-refractivity contribution in [2.75, 3.05) is 0 Å². The van der Waals surface area contributed by atoms with Crippen molar-refractivity contribution in [2.45, 2.75) is 12.3 Å². The molecular formula is C23H14O7. The van der Waals surface area contributed by atoms with Crippen LogP contribution in [-0.2, 0) is 4.79 Å². The van der Waals surface area contributed by atoms with Gasteiger partial charge in [-0.2, -0.15) is 0 Å². The molecule has 5 rings (SSSR count).